The lowest BCUT2D eigenvalue weighted by atomic mass is 10.1. The Morgan fingerprint density at radius 2 is 1.87 bits per heavy atom. The van der Waals surface area contributed by atoms with Gasteiger partial charge in [0.25, 0.3) is 5.91 Å². The smallest absolute Gasteiger partial charge is 0.259 e. The largest absolute Gasteiger partial charge is 0.322 e. The zero-order chi connectivity index (χ0) is 16.4. The van der Waals surface area contributed by atoms with Crippen molar-refractivity contribution in [2.75, 3.05) is 11.4 Å². The molecule has 4 nitrogen and oxygen atoms in total. The number of hydrogen-bond acceptors (Lipinski definition) is 2. The Morgan fingerprint density at radius 3 is 2.61 bits per heavy atom. The number of carbonyl (C=O) groups is 1. The Bertz CT molecular complexity index is 928. The van der Waals surface area contributed by atoms with Crippen LogP contribution in [0, 0.1) is 6.92 Å². The molecule has 0 spiro atoms. The summed E-state index contributed by atoms with van der Waals surface area (Å²) >= 11 is 0. The lowest BCUT2D eigenvalue weighted by Gasteiger charge is -2.22. The average Bonchev–Trinajstić information content (AvgIpc) is 2.54. The van der Waals surface area contributed by atoms with Crippen LogP contribution in [-0.2, 0) is 0 Å². The molecule has 0 aliphatic heterocycles. The maximum absolute atomic E-state index is 13.0. The van der Waals surface area contributed by atoms with E-state index in [0.717, 1.165) is 16.6 Å². The highest BCUT2D eigenvalue weighted by molar-refractivity contribution is 6.13. The number of aromatic nitrogens is 1. The third-order valence-electron chi connectivity index (χ3n) is 3.86. The Morgan fingerprint density at radius 1 is 1.09 bits per heavy atom. The molecule has 1 heterocycles. The molecule has 3 aromatic rings. The first-order chi connectivity index (χ1) is 11.1. The van der Waals surface area contributed by atoms with Crippen LogP contribution in [0.25, 0.3) is 10.9 Å². The summed E-state index contributed by atoms with van der Waals surface area (Å²) in [6, 6.07) is 16.5. The zero-order valence-electron chi connectivity index (χ0n) is 13.2. The van der Waals surface area contributed by atoms with Gasteiger partial charge in [0.05, 0.1) is 5.56 Å². The first-order valence-electron chi connectivity index (χ1n) is 7.60. The number of aromatic amines is 1. The monoisotopic (exact) mass is 306 g/mol. The molecule has 0 unspecified atom stereocenters. The molecule has 0 saturated carbocycles. The summed E-state index contributed by atoms with van der Waals surface area (Å²) in [5.41, 5.74) is 2.75. The van der Waals surface area contributed by atoms with Gasteiger partial charge in [0.2, 0.25) is 5.56 Å². The number of anilines is 1. The van der Waals surface area contributed by atoms with Crippen molar-refractivity contribution in [2.24, 2.45) is 0 Å². The van der Waals surface area contributed by atoms with Crippen LogP contribution in [0.2, 0.25) is 0 Å². The maximum Gasteiger partial charge on any atom is 0.259 e. The third kappa shape index (κ3) is 2.88. The molecule has 1 aromatic heterocycles. The summed E-state index contributed by atoms with van der Waals surface area (Å²) in [6.45, 7) is 4.45. The van der Waals surface area contributed by atoms with E-state index < -0.39 is 0 Å². The molecule has 0 aliphatic rings. The Kier molecular flexibility index (Phi) is 3.98. The Labute approximate surface area is 134 Å². The van der Waals surface area contributed by atoms with Crippen LogP contribution >= 0.6 is 0 Å². The summed E-state index contributed by atoms with van der Waals surface area (Å²) in [4.78, 5) is 29.4. The number of para-hydroxylation sites is 1. The minimum atomic E-state index is -0.271. The predicted octanol–water partition coefficient (Wildman–Crippen LogP) is 3.50. The van der Waals surface area contributed by atoms with Gasteiger partial charge < -0.3 is 9.88 Å². The van der Waals surface area contributed by atoms with Gasteiger partial charge >= 0.3 is 0 Å². The van der Waals surface area contributed by atoms with E-state index in [1.165, 1.54) is 6.07 Å². The number of nitrogens with zero attached hydrogens (tertiary/aromatic N) is 1. The summed E-state index contributed by atoms with van der Waals surface area (Å²) in [7, 11) is 0. The highest BCUT2D eigenvalue weighted by atomic mass is 16.2. The number of H-pyrrole nitrogens is 1. The maximum atomic E-state index is 13.0. The van der Waals surface area contributed by atoms with Crippen molar-refractivity contribution in [3.63, 3.8) is 0 Å². The van der Waals surface area contributed by atoms with Crippen molar-refractivity contribution in [1.82, 2.24) is 4.98 Å². The molecule has 0 fully saturated rings. The summed E-state index contributed by atoms with van der Waals surface area (Å²) in [5, 5.41) is 0.753. The minimum Gasteiger partial charge on any atom is -0.322 e. The van der Waals surface area contributed by atoms with Gasteiger partial charge in [0, 0.05) is 29.2 Å². The second-order valence-corrected chi connectivity index (χ2v) is 5.48. The van der Waals surface area contributed by atoms with Crippen molar-refractivity contribution in [2.45, 2.75) is 13.8 Å². The van der Waals surface area contributed by atoms with Gasteiger partial charge in [0.1, 0.15) is 0 Å². The average molecular weight is 306 g/mol. The number of benzene rings is 2. The Hall–Kier alpha value is -2.88. The van der Waals surface area contributed by atoms with Crippen LogP contribution in [0.1, 0.15) is 22.8 Å². The van der Waals surface area contributed by atoms with Gasteiger partial charge in [-0.25, -0.2) is 0 Å². The van der Waals surface area contributed by atoms with Crippen molar-refractivity contribution < 1.29 is 4.79 Å². The fraction of sp³-hybridized carbons (Fsp3) is 0.158. The molecular formula is C19H18N2O2. The van der Waals surface area contributed by atoms with Crippen molar-refractivity contribution >= 4 is 22.5 Å². The summed E-state index contributed by atoms with van der Waals surface area (Å²) < 4.78 is 0. The quantitative estimate of drug-likeness (QED) is 0.805. The first kappa shape index (κ1) is 15.0. The van der Waals surface area contributed by atoms with Gasteiger partial charge in [-0.1, -0.05) is 30.3 Å². The molecule has 1 amide bonds. The standard InChI is InChI=1S/C19H18N2O2/c1-3-21(14-8-6-7-13(2)11-14)19(23)16-12-18(22)20-17-10-5-4-9-15(16)17/h4-12H,3H2,1-2H3,(H,20,22). The van der Waals surface area contributed by atoms with Crippen LogP contribution in [-0.4, -0.2) is 17.4 Å². The topological polar surface area (TPSA) is 53.2 Å². The number of fused-ring (bicyclic) bond motifs is 1. The molecule has 23 heavy (non-hydrogen) atoms. The molecule has 4 heteroatoms. The molecule has 2 aromatic carbocycles. The number of rotatable bonds is 3. The van der Waals surface area contributed by atoms with E-state index >= 15 is 0 Å². The molecular weight excluding hydrogens is 288 g/mol. The van der Waals surface area contributed by atoms with E-state index in [2.05, 4.69) is 4.98 Å². The fourth-order valence-electron chi connectivity index (χ4n) is 2.77. The van der Waals surface area contributed by atoms with Gasteiger partial charge in [-0.3, -0.25) is 9.59 Å². The van der Waals surface area contributed by atoms with Crippen molar-refractivity contribution in [3.05, 3.63) is 76.1 Å². The first-order valence-corrected chi connectivity index (χ1v) is 7.60. The van der Waals surface area contributed by atoms with E-state index in [1.54, 1.807) is 11.0 Å². The molecule has 0 radical (unpaired) electrons. The number of amides is 1. The van der Waals surface area contributed by atoms with Gasteiger partial charge in [-0.15, -0.1) is 0 Å². The number of nitrogens with one attached hydrogen (secondary N) is 1. The number of hydrogen-bond donors (Lipinski definition) is 1. The lowest BCUT2D eigenvalue weighted by molar-refractivity contribution is 0.0989. The number of carbonyl (C=O) groups excluding carboxylic acids is 1. The third-order valence-corrected chi connectivity index (χ3v) is 3.86. The normalized spacial score (nSPS) is 10.7. The summed E-state index contributed by atoms with van der Waals surface area (Å²) in [5.74, 6) is -0.166. The molecule has 1 N–H and O–H groups in total. The molecule has 3 rings (SSSR count). The van der Waals surface area contributed by atoms with E-state index in [4.69, 9.17) is 0 Å². The SMILES string of the molecule is CCN(C(=O)c1cc(=O)[nH]c2ccccc12)c1cccc(C)c1. The molecule has 116 valence electrons. The highest BCUT2D eigenvalue weighted by Crippen LogP contribution is 2.21. The lowest BCUT2D eigenvalue weighted by Crippen LogP contribution is -2.31. The van der Waals surface area contributed by atoms with Crippen LogP contribution in [0.3, 0.4) is 0 Å². The van der Waals surface area contributed by atoms with Crippen molar-refractivity contribution in [1.29, 1.82) is 0 Å². The summed E-state index contributed by atoms with van der Waals surface area (Å²) in [6.07, 6.45) is 0. The van der Waals surface area contributed by atoms with Crippen LogP contribution < -0.4 is 10.5 Å². The van der Waals surface area contributed by atoms with Crippen molar-refractivity contribution in [3.8, 4) is 0 Å². The van der Waals surface area contributed by atoms with Crippen LogP contribution in [0.4, 0.5) is 5.69 Å². The number of pyridine rings is 1. The second-order valence-electron chi connectivity index (χ2n) is 5.48. The predicted molar refractivity (Wildman–Crippen MR) is 93.1 cm³/mol. The molecule has 0 bridgehead atoms. The van der Waals surface area contributed by atoms with E-state index in [0.29, 0.717) is 17.6 Å². The van der Waals surface area contributed by atoms with Crippen LogP contribution in [0.5, 0.6) is 0 Å². The molecule has 0 aliphatic carbocycles. The van der Waals surface area contributed by atoms with Gasteiger partial charge in [0.15, 0.2) is 0 Å². The minimum absolute atomic E-state index is 0.166. The van der Waals surface area contributed by atoms with E-state index in [9.17, 15) is 9.59 Å². The van der Waals surface area contributed by atoms with E-state index in [1.807, 2.05) is 56.3 Å². The number of aryl methyl sites for hydroxylation is 1. The fourth-order valence-corrected chi connectivity index (χ4v) is 2.77. The van der Waals surface area contributed by atoms with Crippen LogP contribution in [0.15, 0.2) is 59.4 Å². The zero-order valence-corrected chi connectivity index (χ0v) is 13.2. The van der Waals surface area contributed by atoms with Gasteiger partial charge in [-0.05, 0) is 37.6 Å². The second kappa shape index (κ2) is 6.08. The highest BCUT2D eigenvalue weighted by Gasteiger charge is 2.19. The van der Waals surface area contributed by atoms with E-state index in [-0.39, 0.29) is 11.5 Å². The molecule has 0 saturated heterocycles. The molecule has 0 atom stereocenters. The van der Waals surface area contributed by atoms with Gasteiger partial charge in [-0.2, -0.15) is 0 Å². The Balaban J connectivity index is 2.14.